The Morgan fingerprint density at radius 1 is 1.21 bits per heavy atom. The van der Waals surface area contributed by atoms with Crippen LogP contribution in [0.5, 0.6) is 0 Å². The third-order valence-corrected chi connectivity index (χ3v) is 4.28. The van der Waals surface area contributed by atoms with E-state index in [4.69, 9.17) is 0 Å². The fraction of sp³-hybridized carbons (Fsp3) is 0.471. The molecular weight excluding hydrogens is 306 g/mol. The van der Waals surface area contributed by atoms with E-state index in [-0.39, 0.29) is 11.8 Å². The van der Waals surface area contributed by atoms with Gasteiger partial charge in [0.2, 0.25) is 5.82 Å². The predicted octanol–water partition coefficient (Wildman–Crippen LogP) is 0.862. The summed E-state index contributed by atoms with van der Waals surface area (Å²) in [6, 6.07) is 5.50. The fourth-order valence-corrected chi connectivity index (χ4v) is 2.83. The smallest absolute Gasteiger partial charge is 0.290 e. The summed E-state index contributed by atoms with van der Waals surface area (Å²) >= 11 is 0. The molecule has 3 rings (SSSR count). The molecule has 128 valence electrons. The minimum Gasteiger partial charge on any atom is -0.351 e. The summed E-state index contributed by atoms with van der Waals surface area (Å²) in [7, 11) is 2.04. The van der Waals surface area contributed by atoms with E-state index >= 15 is 0 Å². The molecule has 1 fully saturated rings. The Bertz CT molecular complexity index is 747. The summed E-state index contributed by atoms with van der Waals surface area (Å²) in [6.45, 7) is 5.63. The molecule has 24 heavy (non-hydrogen) atoms. The Kier molecular flexibility index (Phi) is 4.80. The molecule has 0 aliphatic carbocycles. The van der Waals surface area contributed by atoms with Crippen LogP contribution in [0.25, 0.3) is 5.52 Å². The zero-order valence-electron chi connectivity index (χ0n) is 14.2. The molecule has 2 aromatic heterocycles. The van der Waals surface area contributed by atoms with Gasteiger partial charge >= 0.3 is 0 Å². The number of rotatable bonds is 4. The van der Waals surface area contributed by atoms with Crippen LogP contribution in [0.2, 0.25) is 0 Å². The topological polar surface area (TPSA) is 70.0 Å². The molecule has 1 N–H and O–H groups in total. The van der Waals surface area contributed by atoms with Crippen LogP contribution in [-0.4, -0.2) is 70.8 Å². The van der Waals surface area contributed by atoms with E-state index in [2.05, 4.69) is 15.2 Å². The highest BCUT2D eigenvalue weighted by Crippen LogP contribution is 2.15. The van der Waals surface area contributed by atoms with Crippen LogP contribution >= 0.6 is 0 Å². The molecule has 2 aromatic rings. The van der Waals surface area contributed by atoms with Crippen LogP contribution in [-0.2, 0) is 0 Å². The zero-order valence-corrected chi connectivity index (χ0v) is 14.2. The Hall–Kier alpha value is -2.41. The Balaban J connectivity index is 1.93. The molecular formula is C17H23N5O2. The largest absolute Gasteiger partial charge is 0.351 e. The predicted molar refractivity (Wildman–Crippen MR) is 91.2 cm³/mol. The van der Waals surface area contributed by atoms with Gasteiger partial charge in [-0.2, -0.15) is 0 Å². The van der Waals surface area contributed by atoms with E-state index in [1.165, 1.54) is 0 Å². The number of carbonyl (C=O) groups is 2. The lowest BCUT2D eigenvalue weighted by Crippen LogP contribution is -2.47. The second kappa shape index (κ2) is 7.00. The van der Waals surface area contributed by atoms with Crippen LogP contribution in [0.3, 0.4) is 0 Å². The number of fused-ring (bicyclic) bond motifs is 1. The molecule has 0 saturated carbocycles. The van der Waals surface area contributed by atoms with Gasteiger partial charge in [-0.25, -0.2) is 4.98 Å². The molecule has 7 nitrogen and oxygen atoms in total. The van der Waals surface area contributed by atoms with Gasteiger partial charge in [0.15, 0.2) is 5.69 Å². The summed E-state index contributed by atoms with van der Waals surface area (Å²) in [5.74, 6) is -0.0615. The van der Waals surface area contributed by atoms with Crippen molar-refractivity contribution in [1.29, 1.82) is 0 Å². The lowest BCUT2D eigenvalue weighted by molar-refractivity contribution is 0.0651. The van der Waals surface area contributed by atoms with E-state index in [9.17, 15) is 9.59 Å². The van der Waals surface area contributed by atoms with Crippen molar-refractivity contribution >= 4 is 17.3 Å². The number of imidazole rings is 1. The molecule has 0 bridgehead atoms. The average Bonchev–Trinajstić information content (AvgIpc) is 2.99. The maximum atomic E-state index is 12.9. The summed E-state index contributed by atoms with van der Waals surface area (Å²) in [5.41, 5.74) is 0.963. The summed E-state index contributed by atoms with van der Waals surface area (Å²) in [6.07, 6.45) is 2.63. The fourth-order valence-electron chi connectivity index (χ4n) is 2.83. The Morgan fingerprint density at radius 2 is 1.96 bits per heavy atom. The Morgan fingerprint density at radius 3 is 2.67 bits per heavy atom. The van der Waals surface area contributed by atoms with Gasteiger partial charge in [-0.3, -0.25) is 14.0 Å². The van der Waals surface area contributed by atoms with Gasteiger partial charge in [0.1, 0.15) is 0 Å². The normalized spacial score (nSPS) is 15.7. The van der Waals surface area contributed by atoms with Crippen molar-refractivity contribution in [2.75, 3.05) is 39.8 Å². The van der Waals surface area contributed by atoms with Crippen molar-refractivity contribution in [1.82, 2.24) is 24.5 Å². The lowest BCUT2D eigenvalue weighted by Gasteiger charge is -2.31. The maximum absolute atomic E-state index is 12.9. The van der Waals surface area contributed by atoms with Crippen LogP contribution in [0.1, 0.15) is 34.5 Å². The number of aromatic nitrogens is 2. The number of pyridine rings is 1. The molecule has 0 radical (unpaired) electrons. The van der Waals surface area contributed by atoms with Gasteiger partial charge in [0, 0.05) is 38.9 Å². The van der Waals surface area contributed by atoms with Crippen molar-refractivity contribution in [3.05, 3.63) is 35.9 Å². The summed E-state index contributed by atoms with van der Waals surface area (Å²) in [4.78, 5) is 33.6. The summed E-state index contributed by atoms with van der Waals surface area (Å²) in [5, 5.41) is 2.83. The van der Waals surface area contributed by atoms with Gasteiger partial charge in [-0.1, -0.05) is 13.0 Å². The van der Waals surface area contributed by atoms with E-state index < -0.39 is 0 Å². The second-order valence-corrected chi connectivity index (χ2v) is 6.09. The van der Waals surface area contributed by atoms with Crippen LogP contribution in [0.15, 0.2) is 24.4 Å². The third kappa shape index (κ3) is 3.12. The van der Waals surface area contributed by atoms with E-state index in [1.807, 2.05) is 32.2 Å². The van der Waals surface area contributed by atoms with Crippen LogP contribution in [0, 0.1) is 0 Å². The first-order valence-electron chi connectivity index (χ1n) is 8.35. The number of hydrogen-bond acceptors (Lipinski definition) is 4. The number of nitrogens with zero attached hydrogens (tertiary/aromatic N) is 4. The third-order valence-electron chi connectivity index (χ3n) is 4.28. The first kappa shape index (κ1) is 16.4. The quantitative estimate of drug-likeness (QED) is 0.903. The molecule has 1 aliphatic rings. The first-order valence-corrected chi connectivity index (χ1v) is 8.35. The monoisotopic (exact) mass is 329 g/mol. The minimum atomic E-state index is -0.238. The Labute approximate surface area is 141 Å². The van der Waals surface area contributed by atoms with Gasteiger partial charge in [-0.05, 0) is 25.6 Å². The maximum Gasteiger partial charge on any atom is 0.290 e. The minimum absolute atomic E-state index is 0.126. The molecule has 3 heterocycles. The van der Waals surface area contributed by atoms with Crippen molar-refractivity contribution in [3.8, 4) is 0 Å². The molecule has 2 amide bonds. The van der Waals surface area contributed by atoms with Crippen molar-refractivity contribution in [2.24, 2.45) is 0 Å². The van der Waals surface area contributed by atoms with Gasteiger partial charge in [0.05, 0.1) is 5.52 Å². The van der Waals surface area contributed by atoms with E-state index in [1.54, 1.807) is 15.5 Å². The second-order valence-electron chi connectivity index (χ2n) is 6.09. The molecule has 0 spiro atoms. The van der Waals surface area contributed by atoms with Crippen molar-refractivity contribution < 1.29 is 9.59 Å². The SMILES string of the molecule is CCCNC(=O)c1nc(C(=O)N2CCN(C)CC2)n2ccccc12. The van der Waals surface area contributed by atoms with Crippen LogP contribution < -0.4 is 5.32 Å². The molecule has 7 heteroatoms. The number of carbonyl (C=O) groups excluding carboxylic acids is 2. The van der Waals surface area contributed by atoms with Gasteiger partial charge in [0.25, 0.3) is 11.8 Å². The van der Waals surface area contributed by atoms with Gasteiger partial charge in [-0.15, -0.1) is 0 Å². The highest BCUT2D eigenvalue weighted by Gasteiger charge is 2.26. The zero-order chi connectivity index (χ0) is 17.1. The van der Waals surface area contributed by atoms with E-state index in [0.29, 0.717) is 36.7 Å². The van der Waals surface area contributed by atoms with Crippen molar-refractivity contribution in [2.45, 2.75) is 13.3 Å². The lowest BCUT2D eigenvalue weighted by atomic mass is 10.3. The van der Waals surface area contributed by atoms with Crippen molar-refractivity contribution in [3.63, 3.8) is 0 Å². The molecule has 0 unspecified atom stereocenters. The molecule has 0 aromatic carbocycles. The first-order chi connectivity index (χ1) is 11.6. The molecule has 1 saturated heterocycles. The number of piperazine rings is 1. The van der Waals surface area contributed by atoms with Crippen LogP contribution in [0.4, 0.5) is 0 Å². The molecule has 1 aliphatic heterocycles. The highest BCUT2D eigenvalue weighted by molar-refractivity contribution is 6.02. The standard InChI is InChI=1S/C17H23N5O2/c1-3-7-18-16(23)14-13-6-4-5-8-22(13)15(19-14)17(24)21-11-9-20(2)10-12-21/h4-6,8H,3,7,9-12H2,1-2H3,(H,18,23). The highest BCUT2D eigenvalue weighted by atomic mass is 16.2. The number of hydrogen-bond donors (Lipinski definition) is 1. The average molecular weight is 329 g/mol. The number of nitrogens with one attached hydrogen (secondary N) is 1. The number of amides is 2. The summed E-state index contributed by atoms with van der Waals surface area (Å²) < 4.78 is 1.71. The van der Waals surface area contributed by atoms with Gasteiger partial charge < -0.3 is 15.1 Å². The van der Waals surface area contributed by atoms with E-state index in [0.717, 1.165) is 19.5 Å². The molecule has 0 atom stereocenters. The number of likely N-dealkylation sites (N-methyl/N-ethyl adjacent to an activating group) is 1.